The van der Waals surface area contributed by atoms with Crippen molar-refractivity contribution in [3.05, 3.63) is 24.3 Å². The molecule has 1 N–H and O–H groups in total. The fourth-order valence-electron chi connectivity index (χ4n) is 5.87. The van der Waals surface area contributed by atoms with Gasteiger partial charge in [-0.3, -0.25) is 14.4 Å². The van der Waals surface area contributed by atoms with Gasteiger partial charge in [0.2, 0.25) is 17.7 Å². The first-order chi connectivity index (χ1) is 15.3. The first kappa shape index (κ1) is 23.0. The summed E-state index contributed by atoms with van der Waals surface area (Å²) in [7, 11) is 1.74. The van der Waals surface area contributed by atoms with E-state index in [9.17, 15) is 19.5 Å². The smallest absolute Gasteiger partial charge is 0.249 e. The number of carbonyl (C=O) groups excluding carboxylic acids is 3. The second kappa shape index (κ2) is 8.63. The molecule has 2 fully saturated rings. The van der Waals surface area contributed by atoms with Crippen molar-refractivity contribution in [2.45, 2.75) is 56.8 Å². The molecule has 0 aromatic carbocycles. The highest BCUT2D eigenvalue weighted by atomic mass is 16.5. The topological polar surface area (TPSA) is 90.4 Å². The van der Waals surface area contributed by atoms with Crippen molar-refractivity contribution < 1.29 is 24.2 Å². The van der Waals surface area contributed by atoms with Crippen LogP contribution in [0.5, 0.6) is 0 Å². The summed E-state index contributed by atoms with van der Waals surface area (Å²) in [5.41, 5.74) is -2.13. The van der Waals surface area contributed by atoms with Crippen LogP contribution < -0.4 is 0 Å². The Morgan fingerprint density at radius 1 is 1.00 bits per heavy atom. The minimum Gasteiger partial charge on any atom is -0.396 e. The fourth-order valence-corrected chi connectivity index (χ4v) is 5.87. The number of likely N-dealkylation sites (tertiary alicyclic amines) is 1. The van der Waals surface area contributed by atoms with E-state index in [0.29, 0.717) is 39.0 Å². The van der Waals surface area contributed by atoms with Gasteiger partial charge in [0.15, 0.2) is 0 Å². The van der Waals surface area contributed by atoms with Gasteiger partial charge in [-0.05, 0) is 26.2 Å². The number of ether oxygens (including phenoxy) is 1. The number of amides is 3. The normalized spacial score (nSPS) is 36.3. The molecule has 8 nitrogen and oxygen atoms in total. The summed E-state index contributed by atoms with van der Waals surface area (Å²) in [6.45, 7) is 5.88. The second-order valence-electron chi connectivity index (χ2n) is 9.62. The Balaban J connectivity index is 1.80. The van der Waals surface area contributed by atoms with E-state index in [1.165, 1.54) is 0 Å². The van der Waals surface area contributed by atoms with Crippen molar-refractivity contribution >= 4 is 17.7 Å². The molecule has 4 aliphatic heterocycles. The molecule has 1 unspecified atom stereocenters. The van der Waals surface area contributed by atoms with Crippen molar-refractivity contribution in [1.82, 2.24) is 14.7 Å². The van der Waals surface area contributed by atoms with Crippen LogP contribution in [-0.4, -0.2) is 94.6 Å². The van der Waals surface area contributed by atoms with Crippen LogP contribution in [0.3, 0.4) is 0 Å². The zero-order valence-electron chi connectivity index (χ0n) is 19.3. The molecule has 0 aromatic heterocycles. The molecular weight excluding hydrogens is 410 g/mol. The van der Waals surface area contributed by atoms with Gasteiger partial charge in [0.05, 0.1) is 17.4 Å². The monoisotopic (exact) mass is 445 g/mol. The van der Waals surface area contributed by atoms with Crippen molar-refractivity contribution in [2.75, 3.05) is 39.8 Å². The molecule has 4 heterocycles. The van der Waals surface area contributed by atoms with Gasteiger partial charge in [0, 0.05) is 39.8 Å². The predicted molar refractivity (Wildman–Crippen MR) is 118 cm³/mol. The minimum absolute atomic E-state index is 0.0308. The first-order valence-corrected chi connectivity index (χ1v) is 11.8. The Bertz CT molecular complexity index is 841. The highest BCUT2D eigenvalue weighted by molar-refractivity contribution is 6.00. The van der Waals surface area contributed by atoms with Crippen LogP contribution >= 0.6 is 0 Å². The largest absolute Gasteiger partial charge is 0.396 e. The van der Waals surface area contributed by atoms with Crippen LogP contribution in [0.2, 0.25) is 0 Å². The summed E-state index contributed by atoms with van der Waals surface area (Å²) in [5, 5.41) is 9.25. The quantitative estimate of drug-likeness (QED) is 0.466. The molecule has 4 aliphatic rings. The van der Waals surface area contributed by atoms with Gasteiger partial charge in [-0.1, -0.05) is 37.6 Å². The number of fused-ring (bicyclic) bond motifs is 2. The first-order valence-electron chi connectivity index (χ1n) is 11.8. The Morgan fingerprint density at radius 2 is 1.75 bits per heavy atom. The average Bonchev–Trinajstić information content (AvgIpc) is 3.03. The van der Waals surface area contributed by atoms with E-state index in [4.69, 9.17) is 4.74 Å². The molecule has 8 heteroatoms. The van der Waals surface area contributed by atoms with E-state index in [1.807, 2.05) is 31.2 Å². The Labute approximate surface area is 189 Å². The highest BCUT2D eigenvalue weighted by Gasteiger charge is 2.74. The van der Waals surface area contributed by atoms with Crippen LogP contribution in [0.4, 0.5) is 0 Å². The van der Waals surface area contributed by atoms with E-state index in [0.717, 1.165) is 12.8 Å². The molecule has 0 radical (unpaired) electrons. The van der Waals surface area contributed by atoms with Crippen LogP contribution in [0.1, 0.15) is 39.5 Å². The number of unbranched alkanes of at least 4 members (excludes halogenated alkanes) is 2. The SMILES string of the molecule is CCCCN1CC=C[C@]23O[C@@]4(C)C=CCN(C)C(=O)[C@H]4[C@H]2C(=O)N(CCCCO)C3C1=O. The zero-order chi connectivity index (χ0) is 23.1. The lowest BCUT2D eigenvalue weighted by Crippen LogP contribution is -2.56. The van der Waals surface area contributed by atoms with E-state index in [1.54, 1.807) is 21.7 Å². The fraction of sp³-hybridized carbons (Fsp3) is 0.708. The van der Waals surface area contributed by atoms with Crippen molar-refractivity contribution in [3.8, 4) is 0 Å². The molecular formula is C24H35N3O5. The van der Waals surface area contributed by atoms with Gasteiger partial charge in [-0.2, -0.15) is 0 Å². The number of hydrogen-bond donors (Lipinski definition) is 1. The Kier molecular flexibility index (Phi) is 6.20. The maximum atomic E-state index is 13.9. The van der Waals surface area contributed by atoms with Crippen LogP contribution in [-0.2, 0) is 19.1 Å². The number of nitrogens with zero attached hydrogens (tertiary/aromatic N) is 3. The van der Waals surface area contributed by atoms with Gasteiger partial charge in [0.1, 0.15) is 11.6 Å². The summed E-state index contributed by atoms with van der Waals surface area (Å²) in [4.78, 5) is 46.2. The number of carbonyl (C=O) groups is 3. The maximum Gasteiger partial charge on any atom is 0.249 e. The standard InChI is InChI=1S/C24H35N3O5/c1-4-5-13-26-14-9-11-24-18(17-20(29)25(3)12-8-10-23(17,2)32-24)21(30)27(15-6-7-16-28)19(24)22(26)31/h8-11,17-19,28H,4-7,12-16H2,1-3H3/t17-,18+,19?,23+,24+/m1/s1. The summed E-state index contributed by atoms with van der Waals surface area (Å²) >= 11 is 0. The van der Waals surface area contributed by atoms with Crippen molar-refractivity contribution in [3.63, 3.8) is 0 Å². The zero-order valence-corrected chi connectivity index (χ0v) is 19.3. The Morgan fingerprint density at radius 3 is 2.47 bits per heavy atom. The van der Waals surface area contributed by atoms with Gasteiger partial charge < -0.3 is 24.5 Å². The van der Waals surface area contributed by atoms with E-state index in [-0.39, 0.29) is 24.3 Å². The molecule has 5 atom stereocenters. The number of rotatable bonds is 7. The molecule has 4 rings (SSSR count). The lowest BCUT2D eigenvalue weighted by molar-refractivity contribution is -0.152. The average molecular weight is 446 g/mol. The van der Waals surface area contributed by atoms with Crippen LogP contribution in [0, 0.1) is 11.8 Å². The summed E-state index contributed by atoms with van der Waals surface area (Å²) in [6.07, 6.45) is 10.6. The van der Waals surface area contributed by atoms with Crippen LogP contribution in [0.25, 0.3) is 0 Å². The third-order valence-electron chi connectivity index (χ3n) is 7.43. The summed E-state index contributed by atoms with van der Waals surface area (Å²) < 4.78 is 6.70. The summed E-state index contributed by atoms with van der Waals surface area (Å²) in [5.74, 6) is -1.89. The highest BCUT2D eigenvalue weighted by Crippen LogP contribution is 2.57. The number of likely N-dealkylation sites (N-methyl/N-ethyl adjacent to an activating group) is 1. The van der Waals surface area contributed by atoms with Gasteiger partial charge >= 0.3 is 0 Å². The maximum absolute atomic E-state index is 13.9. The molecule has 0 aliphatic carbocycles. The number of aliphatic hydroxyl groups is 1. The lowest BCUT2D eigenvalue weighted by atomic mass is 9.74. The minimum atomic E-state index is -1.17. The van der Waals surface area contributed by atoms with E-state index < -0.39 is 29.1 Å². The lowest BCUT2D eigenvalue weighted by Gasteiger charge is -2.37. The second-order valence-corrected chi connectivity index (χ2v) is 9.62. The van der Waals surface area contributed by atoms with Crippen molar-refractivity contribution in [2.24, 2.45) is 11.8 Å². The summed E-state index contributed by atoms with van der Waals surface area (Å²) in [6, 6.07) is -0.801. The predicted octanol–water partition coefficient (Wildman–Crippen LogP) is 0.957. The molecule has 0 saturated carbocycles. The van der Waals surface area contributed by atoms with Gasteiger partial charge in [-0.15, -0.1) is 0 Å². The molecule has 0 bridgehead atoms. The third-order valence-corrected chi connectivity index (χ3v) is 7.43. The molecule has 3 amide bonds. The van der Waals surface area contributed by atoms with Crippen molar-refractivity contribution in [1.29, 1.82) is 0 Å². The third kappa shape index (κ3) is 3.39. The van der Waals surface area contributed by atoms with Gasteiger partial charge in [0.25, 0.3) is 0 Å². The van der Waals surface area contributed by atoms with Crippen LogP contribution in [0.15, 0.2) is 24.3 Å². The van der Waals surface area contributed by atoms with E-state index in [2.05, 4.69) is 6.92 Å². The molecule has 176 valence electrons. The Hall–Kier alpha value is -2.19. The molecule has 2 saturated heterocycles. The number of hydrogen-bond acceptors (Lipinski definition) is 5. The van der Waals surface area contributed by atoms with Gasteiger partial charge in [-0.25, -0.2) is 0 Å². The molecule has 0 aromatic rings. The molecule has 1 spiro atoms. The number of aliphatic hydroxyl groups excluding tert-OH is 1. The van der Waals surface area contributed by atoms with E-state index >= 15 is 0 Å². The molecule has 32 heavy (non-hydrogen) atoms.